The molecule has 158 valence electrons. The number of rotatable bonds is 8. The number of nitrogens with one attached hydrogen (secondary N) is 1. The number of fused-ring (bicyclic) bond motifs is 1. The molecule has 0 radical (unpaired) electrons. The van der Waals surface area contributed by atoms with Crippen LogP contribution >= 0.6 is 0 Å². The molecule has 0 aliphatic carbocycles. The fourth-order valence-corrected chi connectivity index (χ4v) is 4.52. The Morgan fingerprint density at radius 1 is 1.13 bits per heavy atom. The summed E-state index contributed by atoms with van der Waals surface area (Å²) in [4.78, 5) is 25.3. The molecule has 0 amide bonds. The Morgan fingerprint density at radius 3 is 2.43 bits per heavy atom. The van der Waals surface area contributed by atoms with Gasteiger partial charge in [-0.05, 0) is 47.7 Å². The third kappa shape index (κ3) is 4.40. The Labute approximate surface area is 172 Å². The fraction of sp³-hybridized carbons (Fsp3) is 0.250. The highest BCUT2D eigenvalue weighted by Gasteiger charge is 2.26. The molecule has 3 rings (SSSR count). The zero-order valence-corrected chi connectivity index (χ0v) is 17.1. The van der Waals surface area contributed by atoms with E-state index in [0.717, 1.165) is 45.9 Å². The highest BCUT2D eigenvalue weighted by atomic mass is 32.2. The van der Waals surface area contributed by atoms with E-state index >= 15 is 0 Å². The van der Waals surface area contributed by atoms with E-state index in [1.807, 2.05) is 19.1 Å². The number of nitrogens with zero attached hydrogens (tertiary/aromatic N) is 2. The molecule has 2 N–H and O–H groups in total. The van der Waals surface area contributed by atoms with Gasteiger partial charge in [-0.1, -0.05) is 13.0 Å². The summed E-state index contributed by atoms with van der Waals surface area (Å²) in [6, 6.07) is 11.7. The van der Waals surface area contributed by atoms with Gasteiger partial charge in [-0.15, -0.1) is 0 Å². The molecule has 0 bridgehead atoms. The lowest BCUT2D eigenvalue weighted by atomic mass is 10.1. The standard InChI is InChI=1S/C20H21N3O6S/c1-2-14-3-8-19-15(11-14)12-16(20(25)21-19)13-22(9-10-24)30(28,29)18-6-4-17(5-7-18)23(26)27/h3-8,11-12,24H,2,9-10,13H2,1H3,(H,21,25). The van der Waals surface area contributed by atoms with Crippen molar-refractivity contribution in [3.8, 4) is 0 Å². The summed E-state index contributed by atoms with van der Waals surface area (Å²) in [5.41, 5.74) is 1.29. The van der Waals surface area contributed by atoms with Crippen molar-refractivity contribution in [2.24, 2.45) is 0 Å². The van der Waals surface area contributed by atoms with Crippen LogP contribution in [0.25, 0.3) is 10.9 Å². The normalized spacial score (nSPS) is 11.8. The van der Waals surface area contributed by atoms with Crippen LogP contribution in [-0.4, -0.2) is 40.9 Å². The molecule has 9 nitrogen and oxygen atoms in total. The summed E-state index contributed by atoms with van der Waals surface area (Å²) in [5.74, 6) is 0. The number of aryl methyl sites for hydroxylation is 1. The van der Waals surface area contributed by atoms with Crippen LogP contribution in [0, 0.1) is 10.1 Å². The summed E-state index contributed by atoms with van der Waals surface area (Å²) in [6.07, 6.45) is 0.815. The second kappa shape index (κ2) is 8.74. The molecule has 0 spiro atoms. The fourth-order valence-electron chi connectivity index (χ4n) is 3.11. The first-order valence-corrected chi connectivity index (χ1v) is 10.7. The first kappa shape index (κ1) is 21.6. The SMILES string of the molecule is CCc1ccc2[nH]c(=O)c(CN(CCO)S(=O)(=O)c3ccc([N+](=O)[O-])cc3)cc2c1. The van der Waals surface area contributed by atoms with Crippen LogP contribution in [0.15, 0.2) is 58.2 Å². The van der Waals surface area contributed by atoms with Crippen molar-refractivity contribution in [2.45, 2.75) is 24.8 Å². The molecule has 1 aromatic heterocycles. The van der Waals surface area contributed by atoms with Gasteiger partial charge in [-0.25, -0.2) is 8.42 Å². The lowest BCUT2D eigenvalue weighted by Gasteiger charge is -2.21. The van der Waals surface area contributed by atoms with Crippen molar-refractivity contribution in [3.05, 3.63) is 80.1 Å². The maximum absolute atomic E-state index is 13.0. The first-order valence-electron chi connectivity index (χ1n) is 9.26. The van der Waals surface area contributed by atoms with Crippen LogP contribution in [0.3, 0.4) is 0 Å². The van der Waals surface area contributed by atoms with Gasteiger partial charge in [0.05, 0.1) is 16.4 Å². The minimum atomic E-state index is -4.09. The van der Waals surface area contributed by atoms with Gasteiger partial charge in [-0.3, -0.25) is 14.9 Å². The van der Waals surface area contributed by atoms with Crippen molar-refractivity contribution in [2.75, 3.05) is 13.2 Å². The number of benzene rings is 2. The van der Waals surface area contributed by atoms with Crippen molar-refractivity contribution in [1.82, 2.24) is 9.29 Å². The zero-order valence-electron chi connectivity index (χ0n) is 16.2. The molecule has 2 aromatic carbocycles. The average molecular weight is 431 g/mol. The molecule has 0 atom stereocenters. The van der Waals surface area contributed by atoms with Crippen LogP contribution in [-0.2, 0) is 23.0 Å². The number of aromatic nitrogens is 1. The first-order chi connectivity index (χ1) is 14.3. The maximum atomic E-state index is 13.0. The van der Waals surface area contributed by atoms with Crippen molar-refractivity contribution >= 4 is 26.6 Å². The predicted molar refractivity (Wildman–Crippen MR) is 112 cm³/mol. The van der Waals surface area contributed by atoms with Gasteiger partial charge >= 0.3 is 0 Å². The van der Waals surface area contributed by atoms with Gasteiger partial charge in [0.2, 0.25) is 10.0 Å². The number of hydrogen-bond donors (Lipinski definition) is 2. The molecule has 3 aromatic rings. The number of pyridine rings is 1. The Bertz CT molecular complexity index is 1240. The summed E-state index contributed by atoms with van der Waals surface area (Å²) in [7, 11) is -4.09. The topological polar surface area (TPSA) is 134 Å². The van der Waals surface area contributed by atoms with Crippen LogP contribution in [0.1, 0.15) is 18.1 Å². The lowest BCUT2D eigenvalue weighted by molar-refractivity contribution is -0.384. The molecule has 0 aliphatic heterocycles. The average Bonchev–Trinajstić information content (AvgIpc) is 2.73. The molecule has 10 heteroatoms. The Morgan fingerprint density at radius 2 is 1.83 bits per heavy atom. The van der Waals surface area contributed by atoms with Gasteiger partial charge in [0.25, 0.3) is 11.2 Å². The number of nitro groups is 1. The monoisotopic (exact) mass is 431 g/mol. The maximum Gasteiger partial charge on any atom is 0.269 e. The number of H-pyrrole nitrogens is 1. The summed E-state index contributed by atoms with van der Waals surface area (Å²) >= 11 is 0. The molecule has 30 heavy (non-hydrogen) atoms. The second-order valence-electron chi connectivity index (χ2n) is 6.71. The molecule has 0 saturated carbocycles. The van der Waals surface area contributed by atoms with Crippen molar-refractivity contribution in [3.63, 3.8) is 0 Å². The number of aliphatic hydroxyl groups excluding tert-OH is 1. The largest absolute Gasteiger partial charge is 0.395 e. The third-order valence-electron chi connectivity index (χ3n) is 4.78. The Balaban J connectivity index is 1.99. The van der Waals surface area contributed by atoms with Gasteiger partial charge in [-0.2, -0.15) is 4.31 Å². The number of hydrogen-bond acceptors (Lipinski definition) is 6. The van der Waals surface area contributed by atoms with Gasteiger partial charge in [0.15, 0.2) is 0 Å². The van der Waals surface area contributed by atoms with E-state index in [-0.39, 0.29) is 29.2 Å². The van der Waals surface area contributed by atoms with Crippen molar-refractivity contribution in [1.29, 1.82) is 0 Å². The molecular weight excluding hydrogens is 410 g/mol. The van der Waals surface area contributed by atoms with E-state index in [1.54, 1.807) is 12.1 Å². The Hall–Kier alpha value is -3.08. The number of sulfonamides is 1. The number of nitro benzene ring substituents is 1. The molecule has 0 fully saturated rings. The van der Waals surface area contributed by atoms with E-state index in [2.05, 4.69) is 4.98 Å². The van der Waals surface area contributed by atoms with Gasteiger partial charge in [0.1, 0.15) is 0 Å². The molecule has 0 unspecified atom stereocenters. The van der Waals surface area contributed by atoms with Crippen molar-refractivity contribution < 1.29 is 18.4 Å². The molecule has 1 heterocycles. The van der Waals surface area contributed by atoms with E-state index in [1.165, 1.54) is 0 Å². The van der Waals surface area contributed by atoms with E-state index in [4.69, 9.17) is 0 Å². The van der Waals surface area contributed by atoms with Crippen LogP contribution in [0.5, 0.6) is 0 Å². The van der Waals surface area contributed by atoms with Gasteiger partial charge in [0, 0.05) is 36.3 Å². The highest BCUT2D eigenvalue weighted by Crippen LogP contribution is 2.22. The summed E-state index contributed by atoms with van der Waals surface area (Å²) < 4.78 is 27.0. The zero-order chi connectivity index (χ0) is 21.9. The highest BCUT2D eigenvalue weighted by molar-refractivity contribution is 7.89. The lowest BCUT2D eigenvalue weighted by Crippen LogP contribution is -2.35. The Kier molecular flexibility index (Phi) is 6.30. The quantitative estimate of drug-likeness (QED) is 0.415. The van der Waals surface area contributed by atoms with Gasteiger partial charge < -0.3 is 10.1 Å². The van der Waals surface area contributed by atoms with Crippen LogP contribution in [0.4, 0.5) is 5.69 Å². The molecular formula is C20H21N3O6S. The number of aromatic amines is 1. The van der Waals surface area contributed by atoms with Crippen LogP contribution < -0.4 is 5.56 Å². The summed E-state index contributed by atoms with van der Waals surface area (Å²) in [6.45, 7) is 1.08. The second-order valence-corrected chi connectivity index (χ2v) is 8.65. The summed E-state index contributed by atoms with van der Waals surface area (Å²) in [5, 5.41) is 21.0. The van der Waals surface area contributed by atoms with Crippen LogP contribution in [0.2, 0.25) is 0 Å². The van der Waals surface area contributed by atoms with E-state index < -0.39 is 27.1 Å². The minimum Gasteiger partial charge on any atom is -0.395 e. The molecule has 0 saturated heterocycles. The smallest absolute Gasteiger partial charge is 0.269 e. The third-order valence-corrected chi connectivity index (χ3v) is 6.63. The predicted octanol–water partition coefficient (Wildman–Crippen LogP) is 2.18. The number of aliphatic hydroxyl groups is 1. The number of non-ortho nitro benzene ring substituents is 1. The van der Waals surface area contributed by atoms with E-state index in [9.17, 15) is 28.4 Å². The molecule has 0 aliphatic rings. The van der Waals surface area contributed by atoms with E-state index in [0.29, 0.717) is 5.52 Å². The minimum absolute atomic E-state index is 0.160.